The zero-order valence-corrected chi connectivity index (χ0v) is 18.0. The molecule has 1 aliphatic rings. The molecule has 3 atom stereocenters. The average Bonchev–Trinajstić information content (AvgIpc) is 2.71. The summed E-state index contributed by atoms with van der Waals surface area (Å²) in [5, 5.41) is 10.1. The van der Waals surface area contributed by atoms with E-state index in [1.54, 1.807) is 12.1 Å². The number of aliphatic carboxylic acids is 1. The van der Waals surface area contributed by atoms with Crippen molar-refractivity contribution in [1.82, 2.24) is 4.31 Å². The minimum atomic E-state index is -4.10. The molecule has 2 aromatic carbocycles. The van der Waals surface area contributed by atoms with Gasteiger partial charge in [0.25, 0.3) is 0 Å². The van der Waals surface area contributed by atoms with E-state index in [-0.39, 0.29) is 18.0 Å². The number of hydrogen-bond acceptors (Lipinski definition) is 6. The van der Waals surface area contributed by atoms with Crippen LogP contribution in [-0.2, 0) is 30.9 Å². The summed E-state index contributed by atoms with van der Waals surface area (Å²) in [6.07, 6.45) is -1.73. The molecule has 30 heavy (non-hydrogen) atoms. The van der Waals surface area contributed by atoms with Crippen LogP contribution in [0.25, 0.3) is 0 Å². The molecule has 0 radical (unpaired) electrons. The summed E-state index contributed by atoms with van der Waals surface area (Å²) in [6.45, 7) is 1.54. The highest BCUT2D eigenvalue weighted by atomic mass is 35.5. The van der Waals surface area contributed by atoms with Crippen molar-refractivity contribution in [2.45, 2.75) is 36.9 Å². The number of methoxy groups -OCH3 is 1. The number of carboxylic acids is 1. The number of morpholine rings is 1. The highest BCUT2D eigenvalue weighted by molar-refractivity contribution is 7.89. The second kappa shape index (κ2) is 9.32. The van der Waals surface area contributed by atoms with Gasteiger partial charge in [0.05, 0.1) is 17.5 Å². The van der Waals surface area contributed by atoms with Gasteiger partial charge in [0.15, 0.2) is 6.29 Å². The van der Waals surface area contributed by atoms with Gasteiger partial charge in [-0.05, 0) is 48.9 Å². The molecule has 1 aliphatic heterocycles. The normalized spacial score (nSPS) is 22.6. The van der Waals surface area contributed by atoms with Gasteiger partial charge in [-0.2, -0.15) is 4.31 Å². The summed E-state index contributed by atoms with van der Waals surface area (Å²) in [5.41, 5.74) is 0.872. The molecule has 1 N–H and O–H groups in total. The predicted octanol–water partition coefficient (Wildman–Crippen LogP) is 2.75. The van der Waals surface area contributed by atoms with Crippen molar-refractivity contribution < 1.29 is 32.5 Å². The van der Waals surface area contributed by atoms with Crippen molar-refractivity contribution in [1.29, 1.82) is 0 Å². The Morgan fingerprint density at radius 2 is 1.97 bits per heavy atom. The third kappa shape index (κ3) is 4.93. The van der Waals surface area contributed by atoms with Crippen LogP contribution in [0.3, 0.4) is 0 Å². The number of ether oxygens (including phenoxy) is 3. The van der Waals surface area contributed by atoms with Crippen molar-refractivity contribution in [2.75, 3.05) is 13.7 Å². The maximum absolute atomic E-state index is 13.1. The number of carboxylic acid groups (broad SMARTS) is 1. The number of hydrogen-bond donors (Lipinski definition) is 1. The number of nitrogens with zero attached hydrogens (tertiary/aromatic N) is 1. The second-order valence-corrected chi connectivity index (χ2v) is 9.08. The fraction of sp³-hybridized carbons (Fsp3) is 0.350. The van der Waals surface area contributed by atoms with E-state index in [1.807, 2.05) is 12.1 Å². The quantitative estimate of drug-likeness (QED) is 0.684. The molecule has 0 saturated carbocycles. The van der Waals surface area contributed by atoms with E-state index in [0.29, 0.717) is 10.8 Å². The van der Waals surface area contributed by atoms with E-state index < -0.39 is 34.4 Å². The van der Waals surface area contributed by atoms with Crippen molar-refractivity contribution in [3.05, 3.63) is 59.1 Å². The standard InChI is InChI=1S/C20H22ClNO7S/c1-13-19(20(23)24)22(11-18(27-2)29-13)30(25,26)17-8-6-16(7-9-17)28-12-14-4-3-5-15(21)10-14/h3-10,13,18-19H,11-12H2,1-2H3,(H,23,24)/t13-,18?,19+/m0/s1. The van der Waals surface area contributed by atoms with Gasteiger partial charge in [0.2, 0.25) is 10.0 Å². The zero-order valence-electron chi connectivity index (χ0n) is 16.4. The molecule has 1 unspecified atom stereocenters. The van der Waals surface area contributed by atoms with Crippen LogP contribution in [0.4, 0.5) is 0 Å². The monoisotopic (exact) mass is 455 g/mol. The third-order valence-corrected chi connectivity index (χ3v) is 6.79. The summed E-state index contributed by atoms with van der Waals surface area (Å²) in [5.74, 6) is -0.823. The Morgan fingerprint density at radius 3 is 2.57 bits per heavy atom. The van der Waals surface area contributed by atoms with Crippen LogP contribution in [0.5, 0.6) is 5.75 Å². The summed E-state index contributed by atoms with van der Waals surface area (Å²) in [7, 11) is -2.73. The molecule has 0 spiro atoms. The van der Waals surface area contributed by atoms with Crippen LogP contribution < -0.4 is 4.74 Å². The van der Waals surface area contributed by atoms with Gasteiger partial charge in [-0.3, -0.25) is 4.79 Å². The van der Waals surface area contributed by atoms with Crippen LogP contribution in [0.15, 0.2) is 53.4 Å². The van der Waals surface area contributed by atoms with E-state index in [9.17, 15) is 18.3 Å². The predicted molar refractivity (Wildman–Crippen MR) is 109 cm³/mol. The average molecular weight is 456 g/mol. The van der Waals surface area contributed by atoms with Crippen LogP contribution >= 0.6 is 11.6 Å². The Kier molecular flexibility index (Phi) is 6.99. The first-order chi connectivity index (χ1) is 14.2. The Labute approximate surface area is 180 Å². The van der Waals surface area contributed by atoms with E-state index in [2.05, 4.69) is 0 Å². The second-order valence-electron chi connectivity index (χ2n) is 6.75. The van der Waals surface area contributed by atoms with Gasteiger partial charge in [0, 0.05) is 12.1 Å². The molecule has 162 valence electrons. The minimum absolute atomic E-state index is 0.0483. The fourth-order valence-electron chi connectivity index (χ4n) is 3.19. The first-order valence-corrected chi connectivity index (χ1v) is 10.9. The van der Waals surface area contributed by atoms with Gasteiger partial charge >= 0.3 is 5.97 Å². The Balaban J connectivity index is 1.78. The molecule has 0 bridgehead atoms. The first kappa shape index (κ1) is 22.5. The minimum Gasteiger partial charge on any atom is -0.489 e. The molecule has 10 heteroatoms. The Morgan fingerprint density at radius 1 is 1.27 bits per heavy atom. The number of carbonyl (C=O) groups is 1. The lowest BCUT2D eigenvalue weighted by molar-refractivity contribution is -0.203. The van der Waals surface area contributed by atoms with E-state index in [0.717, 1.165) is 9.87 Å². The fourth-order valence-corrected chi connectivity index (χ4v) is 5.03. The summed E-state index contributed by atoms with van der Waals surface area (Å²) in [4.78, 5) is 11.6. The highest BCUT2D eigenvalue weighted by Gasteiger charge is 2.45. The van der Waals surface area contributed by atoms with Crippen LogP contribution in [0.1, 0.15) is 12.5 Å². The summed E-state index contributed by atoms with van der Waals surface area (Å²) in [6, 6.07) is 11.6. The molecular formula is C20H22ClNO7S. The largest absolute Gasteiger partial charge is 0.489 e. The van der Waals surface area contributed by atoms with E-state index in [4.69, 9.17) is 25.8 Å². The van der Waals surface area contributed by atoms with Crippen molar-refractivity contribution in [2.24, 2.45) is 0 Å². The maximum atomic E-state index is 13.1. The van der Waals surface area contributed by atoms with E-state index in [1.165, 1.54) is 38.3 Å². The summed E-state index contributed by atoms with van der Waals surface area (Å²) >= 11 is 5.95. The Hall–Kier alpha value is -2.17. The molecule has 1 fully saturated rings. The van der Waals surface area contributed by atoms with Gasteiger partial charge in [0.1, 0.15) is 18.4 Å². The molecular weight excluding hydrogens is 434 g/mol. The molecule has 3 rings (SSSR count). The third-order valence-electron chi connectivity index (χ3n) is 4.69. The number of sulfonamides is 1. The number of rotatable bonds is 7. The van der Waals surface area contributed by atoms with Crippen molar-refractivity contribution in [3.8, 4) is 5.75 Å². The van der Waals surface area contributed by atoms with Crippen molar-refractivity contribution >= 4 is 27.6 Å². The van der Waals surface area contributed by atoms with Gasteiger partial charge < -0.3 is 19.3 Å². The van der Waals surface area contributed by atoms with Crippen LogP contribution in [-0.4, -0.2) is 55.9 Å². The van der Waals surface area contributed by atoms with Crippen LogP contribution in [0.2, 0.25) is 5.02 Å². The zero-order chi connectivity index (χ0) is 21.9. The molecule has 0 aromatic heterocycles. The molecule has 0 aliphatic carbocycles. The van der Waals surface area contributed by atoms with Gasteiger partial charge in [-0.15, -0.1) is 0 Å². The molecule has 8 nitrogen and oxygen atoms in total. The topological polar surface area (TPSA) is 102 Å². The Bertz CT molecular complexity index is 996. The molecule has 1 heterocycles. The maximum Gasteiger partial charge on any atom is 0.324 e. The highest BCUT2D eigenvalue weighted by Crippen LogP contribution is 2.28. The smallest absolute Gasteiger partial charge is 0.324 e. The van der Waals surface area contributed by atoms with Crippen molar-refractivity contribution in [3.63, 3.8) is 0 Å². The van der Waals surface area contributed by atoms with Crippen LogP contribution in [0, 0.1) is 0 Å². The molecule has 0 amide bonds. The molecule has 2 aromatic rings. The number of benzene rings is 2. The van der Waals surface area contributed by atoms with Gasteiger partial charge in [-0.25, -0.2) is 8.42 Å². The molecule has 1 saturated heterocycles. The number of halogens is 1. The van der Waals surface area contributed by atoms with E-state index >= 15 is 0 Å². The lowest BCUT2D eigenvalue weighted by Gasteiger charge is -2.39. The summed E-state index contributed by atoms with van der Waals surface area (Å²) < 4.78 is 43.4. The lowest BCUT2D eigenvalue weighted by Crippen LogP contribution is -2.59. The van der Waals surface area contributed by atoms with Gasteiger partial charge in [-0.1, -0.05) is 23.7 Å². The first-order valence-electron chi connectivity index (χ1n) is 9.12. The lowest BCUT2D eigenvalue weighted by atomic mass is 10.1. The SMILES string of the molecule is COC1CN(S(=O)(=O)c2ccc(OCc3cccc(Cl)c3)cc2)[C@@H](C(=O)O)[C@H](C)O1.